The first-order valence-electron chi connectivity index (χ1n) is 6.43. The van der Waals surface area contributed by atoms with Gasteiger partial charge in [-0.25, -0.2) is 4.79 Å². The summed E-state index contributed by atoms with van der Waals surface area (Å²) in [4.78, 5) is 14.3. The van der Waals surface area contributed by atoms with Crippen LogP contribution in [0.2, 0.25) is 0 Å². The van der Waals surface area contributed by atoms with Crippen LogP contribution in [0.1, 0.15) is 23.2 Å². The third-order valence-electron chi connectivity index (χ3n) is 3.42. The molecule has 0 atom stereocenters. The van der Waals surface area contributed by atoms with E-state index in [-0.39, 0.29) is 12.1 Å². The van der Waals surface area contributed by atoms with Gasteiger partial charge in [0.2, 0.25) is 0 Å². The molecule has 0 aliphatic carbocycles. The zero-order valence-corrected chi connectivity index (χ0v) is 11.4. The van der Waals surface area contributed by atoms with Gasteiger partial charge < -0.3 is 20.1 Å². The average Bonchev–Trinajstić information content (AvgIpc) is 2.41. The van der Waals surface area contributed by atoms with E-state index < -0.39 is 0 Å². The van der Waals surface area contributed by atoms with Gasteiger partial charge in [-0.3, -0.25) is 0 Å². The highest BCUT2D eigenvalue weighted by Crippen LogP contribution is 2.22. The lowest BCUT2D eigenvalue weighted by atomic mass is 10.1. The minimum absolute atomic E-state index is 0.00907. The summed E-state index contributed by atoms with van der Waals surface area (Å²) in [6.45, 7) is 1.91. The topological polar surface area (TPSA) is 64.8 Å². The summed E-state index contributed by atoms with van der Waals surface area (Å²) in [6.07, 6.45) is 1.74. The van der Waals surface area contributed by atoms with E-state index in [0.29, 0.717) is 17.0 Å². The number of rotatable bonds is 3. The van der Waals surface area contributed by atoms with Crippen LogP contribution in [0.5, 0.6) is 5.75 Å². The van der Waals surface area contributed by atoms with Crippen molar-refractivity contribution >= 4 is 11.7 Å². The molecule has 1 heterocycles. The molecular formula is C14H20N2O3. The number of piperidine rings is 1. The fourth-order valence-corrected chi connectivity index (χ4v) is 2.17. The Morgan fingerprint density at radius 3 is 2.63 bits per heavy atom. The highest BCUT2D eigenvalue weighted by molar-refractivity contribution is 5.95. The number of nitrogens with two attached hydrogens (primary N) is 1. The molecule has 104 valence electrons. The number of methoxy groups -OCH3 is 1. The van der Waals surface area contributed by atoms with E-state index in [9.17, 15) is 4.79 Å². The predicted octanol–water partition coefficient (Wildman–Crippen LogP) is 1.53. The number of esters is 1. The number of likely N-dealkylation sites (tertiary alicyclic amines) is 1. The van der Waals surface area contributed by atoms with Crippen molar-refractivity contribution in [2.45, 2.75) is 18.9 Å². The number of benzene rings is 1. The Bertz CT molecular complexity index is 454. The molecule has 2 rings (SSSR count). The average molecular weight is 264 g/mol. The van der Waals surface area contributed by atoms with Gasteiger partial charge >= 0.3 is 5.97 Å². The SMILES string of the molecule is COc1ccc(C(=O)OC2CCN(C)CC2)c(N)c1. The van der Waals surface area contributed by atoms with Crippen LogP contribution in [0.25, 0.3) is 0 Å². The van der Waals surface area contributed by atoms with Crippen molar-refractivity contribution in [2.24, 2.45) is 0 Å². The number of anilines is 1. The number of nitrogen functional groups attached to an aromatic ring is 1. The van der Waals surface area contributed by atoms with E-state index in [1.807, 2.05) is 0 Å². The summed E-state index contributed by atoms with van der Waals surface area (Å²) in [5.41, 5.74) is 6.62. The van der Waals surface area contributed by atoms with Gasteiger partial charge in [0, 0.05) is 24.8 Å². The van der Waals surface area contributed by atoms with Gasteiger partial charge in [-0.2, -0.15) is 0 Å². The first-order valence-corrected chi connectivity index (χ1v) is 6.43. The van der Waals surface area contributed by atoms with Crippen molar-refractivity contribution in [1.29, 1.82) is 0 Å². The number of hydrogen-bond donors (Lipinski definition) is 1. The van der Waals surface area contributed by atoms with Gasteiger partial charge in [0.1, 0.15) is 11.9 Å². The quantitative estimate of drug-likeness (QED) is 0.662. The van der Waals surface area contributed by atoms with Gasteiger partial charge in [0.05, 0.1) is 12.7 Å². The Morgan fingerprint density at radius 1 is 1.37 bits per heavy atom. The summed E-state index contributed by atoms with van der Waals surface area (Å²) in [5.74, 6) is 0.281. The minimum atomic E-state index is -0.352. The van der Waals surface area contributed by atoms with Crippen LogP contribution in [0.15, 0.2) is 18.2 Å². The lowest BCUT2D eigenvalue weighted by molar-refractivity contribution is 0.0140. The second kappa shape index (κ2) is 5.93. The van der Waals surface area contributed by atoms with E-state index >= 15 is 0 Å². The number of nitrogens with zero attached hydrogens (tertiary/aromatic N) is 1. The Labute approximate surface area is 113 Å². The molecule has 0 amide bonds. The Hall–Kier alpha value is -1.75. The van der Waals surface area contributed by atoms with Crippen LogP contribution < -0.4 is 10.5 Å². The Balaban J connectivity index is 2.00. The molecule has 1 aromatic carbocycles. The molecule has 5 nitrogen and oxygen atoms in total. The molecule has 1 aliphatic rings. The second-order valence-corrected chi connectivity index (χ2v) is 4.86. The predicted molar refractivity (Wildman–Crippen MR) is 73.3 cm³/mol. The molecule has 1 fully saturated rings. The van der Waals surface area contributed by atoms with E-state index in [4.69, 9.17) is 15.2 Å². The monoisotopic (exact) mass is 264 g/mol. The molecule has 0 saturated carbocycles. The molecule has 0 bridgehead atoms. The van der Waals surface area contributed by atoms with Crippen molar-refractivity contribution in [3.8, 4) is 5.75 Å². The van der Waals surface area contributed by atoms with Crippen LogP contribution >= 0.6 is 0 Å². The van der Waals surface area contributed by atoms with E-state index in [2.05, 4.69) is 11.9 Å². The first-order chi connectivity index (χ1) is 9.10. The largest absolute Gasteiger partial charge is 0.497 e. The van der Waals surface area contributed by atoms with Crippen LogP contribution in [0.4, 0.5) is 5.69 Å². The van der Waals surface area contributed by atoms with Crippen molar-refractivity contribution in [1.82, 2.24) is 4.90 Å². The number of ether oxygens (including phenoxy) is 2. The molecule has 0 spiro atoms. The van der Waals surface area contributed by atoms with E-state index in [0.717, 1.165) is 25.9 Å². The zero-order chi connectivity index (χ0) is 13.8. The summed E-state index contributed by atoms with van der Waals surface area (Å²) >= 11 is 0. The summed E-state index contributed by atoms with van der Waals surface area (Å²) < 4.78 is 10.5. The molecule has 19 heavy (non-hydrogen) atoms. The molecule has 0 unspecified atom stereocenters. The van der Waals surface area contributed by atoms with Crippen LogP contribution in [-0.2, 0) is 4.74 Å². The van der Waals surface area contributed by atoms with Gasteiger partial charge in [-0.05, 0) is 32.0 Å². The molecule has 0 aromatic heterocycles. The molecule has 1 saturated heterocycles. The van der Waals surface area contributed by atoms with Gasteiger partial charge in [0.25, 0.3) is 0 Å². The third-order valence-corrected chi connectivity index (χ3v) is 3.42. The van der Waals surface area contributed by atoms with Gasteiger partial charge in [-0.15, -0.1) is 0 Å². The molecule has 1 aliphatic heterocycles. The fraction of sp³-hybridized carbons (Fsp3) is 0.500. The zero-order valence-electron chi connectivity index (χ0n) is 11.4. The Morgan fingerprint density at radius 2 is 2.05 bits per heavy atom. The summed E-state index contributed by atoms with van der Waals surface area (Å²) in [6, 6.07) is 4.98. The van der Waals surface area contributed by atoms with Crippen LogP contribution in [0, 0.1) is 0 Å². The lowest BCUT2D eigenvalue weighted by Crippen LogP contribution is -2.35. The standard InChI is InChI=1S/C14H20N2O3/c1-16-7-5-10(6-8-16)19-14(17)12-4-3-11(18-2)9-13(12)15/h3-4,9-10H,5-8,15H2,1-2H3. The number of carbonyl (C=O) groups excluding carboxylic acids is 1. The highest BCUT2D eigenvalue weighted by atomic mass is 16.5. The molecule has 0 radical (unpaired) electrons. The molecule has 5 heteroatoms. The summed E-state index contributed by atoms with van der Waals surface area (Å²) in [7, 11) is 3.63. The third kappa shape index (κ3) is 3.38. The van der Waals surface area contributed by atoms with Crippen molar-refractivity contribution in [3.05, 3.63) is 23.8 Å². The normalized spacial score (nSPS) is 17.2. The highest BCUT2D eigenvalue weighted by Gasteiger charge is 2.22. The van der Waals surface area contributed by atoms with Gasteiger partial charge in [-0.1, -0.05) is 0 Å². The number of carbonyl (C=O) groups is 1. The second-order valence-electron chi connectivity index (χ2n) is 4.86. The molecular weight excluding hydrogens is 244 g/mol. The van der Waals surface area contributed by atoms with Crippen molar-refractivity contribution in [2.75, 3.05) is 33.0 Å². The van der Waals surface area contributed by atoms with E-state index in [1.54, 1.807) is 25.3 Å². The maximum absolute atomic E-state index is 12.1. The lowest BCUT2D eigenvalue weighted by Gasteiger charge is -2.28. The van der Waals surface area contributed by atoms with Crippen LogP contribution in [0.3, 0.4) is 0 Å². The maximum Gasteiger partial charge on any atom is 0.340 e. The maximum atomic E-state index is 12.1. The minimum Gasteiger partial charge on any atom is -0.497 e. The molecule has 1 aromatic rings. The van der Waals surface area contributed by atoms with E-state index in [1.165, 1.54) is 0 Å². The van der Waals surface area contributed by atoms with Gasteiger partial charge in [0.15, 0.2) is 0 Å². The smallest absolute Gasteiger partial charge is 0.340 e. The molecule has 2 N–H and O–H groups in total. The fourth-order valence-electron chi connectivity index (χ4n) is 2.17. The Kier molecular flexibility index (Phi) is 4.27. The number of hydrogen-bond acceptors (Lipinski definition) is 5. The van der Waals surface area contributed by atoms with Crippen molar-refractivity contribution < 1.29 is 14.3 Å². The van der Waals surface area contributed by atoms with Crippen molar-refractivity contribution in [3.63, 3.8) is 0 Å². The first kappa shape index (κ1) is 13.7. The van der Waals surface area contributed by atoms with Crippen LogP contribution in [-0.4, -0.2) is 44.2 Å². The summed E-state index contributed by atoms with van der Waals surface area (Å²) in [5, 5.41) is 0.